The Morgan fingerprint density at radius 2 is 2.28 bits per heavy atom. The Hall–Kier alpha value is -2.17. The number of nitrogens with zero attached hydrogens (tertiary/aromatic N) is 2. The van der Waals surface area contributed by atoms with Crippen molar-refractivity contribution in [3.05, 3.63) is 42.0 Å². The average Bonchev–Trinajstić information content (AvgIpc) is 2.54. The fourth-order valence-electron chi connectivity index (χ4n) is 1.87. The van der Waals surface area contributed by atoms with Crippen LogP contribution in [0, 0.1) is 5.82 Å². The van der Waals surface area contributed by atoms with Gasteiger partial charge in [0.25, 0.3) is 0 Å². The SMILES string of the molecule is C=C(C)Cn1c(CC(=O)O)nc2cc(F)ccc21. The number of carboxylic acids is 1. The zero-order chi connectivity index (χ0) is 13.3. The minimum absolute atomic E-state index is 0.191. The van der Waals surface area contributed by atoms with E-state index in [1.807, 2.05) is 6.92 Å². The highest BCUT2D eigenvalue weighted by Gasteiger charge is 2.13. The van der Waals surface area contributed by atoms with E-state index in [-0.39, 0.29) is 12.2 Å². The molecule has 0 atom stereocenters. The molecule has 2 aromatic rings. The van der Waals surface area contributed by atoms with Gasteiger partial charge in [-0.25, -0.2) is 9.37 Å². The zero-order valence-corrected chi connectivity index (χ0v) is 9.98. The number of fused-ring (bicyclic) bond motifs is 1. The second-order valence-corrected chi connectivity index (χ2v) is 4.27. The van der Waals surface area contributed by atoms with Crippen molar-refractivity contribution < 1.29 is 14.3 Å². The Labute approximate surface area is 103 Å². The van der Waals surface area contributed by atoms with E-state index in [0.29, 0.717) is 17.9 Å². The van der Waals surface area contributed by atoms with Crippen molar-refractivity contribution in [3.63, 3.8) is 0 Å². The first-order valence-corrected chi connectivity index (χ1v) is 5.48. The molecule has 94 valence electrons. The number of hydrogen-bond donors (Lipinski definition) is 1. The second kappa shape index (κ2) is 4.60. The van der Waals surface area contributed by atoms with Crippen LogP contribution in [0.15, 0.2) is 30.4 Å². The molecule has 0 saturated carbocycles. The van der Waals surface area contributed by atoms with E-state index in [0.717, 1.165) is 11.1 Å². The van der Waals surface area contributed by atoms with Gasteiger partial charge in [0.05, 0.1) is 11.0 Å². The maximum absolute atomic E-state index is 13.1. The summed E-state index contributed by atoms with van der Waals surface area (Å²) < 4.78 is 14.9. The van der Waals surface area contributed by atoms with Gasteiger partial charge in [-0.2, -0.15) is 0 Å². The minimum Gasteiger partial charge on any atom is -0.481 e. The van der Waals surface area contributed by atoms with Crippen molar-refractivity contribution in [1.29, 1.82) is 0 Å². The molecule has 0 amide bonds. The molecule has 0 unspecified atom stereocenters. The lowest BCUT2D eigenvalue weighted by Crippen LogP contribution is -2.09. The number of aliphatic carboxylic acids is 1. The number of hydrogen-bond acceptors (Lipinski definition) is 2. The summed E-state index contributed by atoms with van der Waals surface area (Å²) in [6, 6.07) is 4.24. The molecule has 18 heavy (non-hydrogen) atoms. The molecule has 2 rings (SSSR count). The second-order valence-electron chi connectivity index (χ2n) is 4.27. The van der Waals surface area contributed by atoms with Crippen LogP contribution < -0.4 is 0 Å². The lowest BCUT2D eigenvalue weighted by Gasteiger charge is -2.07. The number of allylic oxidation sites excluding steroid dienone is 1. The van der Waals surface area contributed by atoms with Gasteiger partial charge in [0.1, 0.15) is 18.1 Å². The molecule has 1 aromatic carbocycles. The third kappa shape index (κ3) is 2.40. The van der Waals surface area contributed by atoms with Crippen LogP contribution in [0.1, 0.15) is 12.7 Å². The number of carboxylic acid groups (broad SMARTS) is 1. The number of carbonyl (C=O) groups is 1. The van der Waals surface area contributed by atoms with Crippen LogP contribution >= 0.6 is 0 Å². The van der Waals surface area contributed by atoms with Crippen LogP contribution in [0.4, 0.5) is 4.39 Å². The van der Waals surface area contributed by atoms with Crippen LogP contribution in [0.5, 0.6) is 0 Å². The molecular weight excluding hydrogens is 235 g/mol. The molecule has 0 radical (unpaired) electrons. The molecule has 0 aliphatic carbocycles. The Morgan fingerprint density at radius 1 is 1.56 bits per heavy atom. The summed E-state index contributed by atoms with van der Waals surface area (Å²) in [5.41, 5.74) is 2.06. The van der Waals surface area contributed by atoms with Crippen molar-refractivity contribution in [3.8, 4) is 0 Å². The number of imidazole rings is 1. The van der Waals surface area contributed by atoms with Gasteiger partial charge in [-0.1, -0.05) is 12.2 Å². The van der Waals surface area contributed by atoms with Gasteiger partial charge in [0.15, 0.2) is 0 Å². The first kappa shape index (κ1) is 12.3. The van der Waals surface area contributed by atoms with Gasteiger partial charge >= 0.3 is 5.97 Å². The molecule has 0 aliphatic rings. The number of halogens is 1. The Bertz CT molecular complexity index is 631. The maximum Gasteiger partial charge on any atom is 0.311 e. The first-order valence-electron chi connectivity index (χ1n) is 5.48. The third-order valence-electron chi connectivity index (χ3n) is 2.53. The van der Waals surface area contributed by atoms with Crippen LogP contribution in [0.3, 0.4) is 0 Å². The molecule has 5 heteroatoms. The standard InChI is InChI=1S/C13H13FN2O2/c1-8(2)7-16-11-4-3-9(14)5-10(11)15-12(16)6-13(17)18/h3-5H,1,6-7H2,2H3,(H,17,18). The molecule has 0 bridgehead atoms. The zero-order valence-electron chi connectivity index (χ0n) is 9.98. The summed E-state index contributed by atoms with van der Waals surface area (Å²) >= 11 is 0. The molecule has 1 aromatic heterocycles. The van der Waals surface area contributed by atoms with Gasteiger partial charge in [0, 0.05) is 12.6 Å². The van der Waals surface area contributed by atoms with E-state index in [1.54, 1.807) is 10.6 Å². The maximum atomic E-state index is 13.1. The van der Waals surface area contributed by atoms with Gasteiger partial charge < -0.3 is 9.67 Å². The Kier molecular flexibility index (Phi) is 3.14. The largest absolute Gasteiger partial charge is 0.481 e. The summed E-state index contributed by atoms with van der Waals surface area (Å²) in [7, 11) is 0. The van der Waals surface area contributed by atoms with E-state index in [4.69, 9.17) is 5.11 Å². The van der Waals surface area contributed by atoms with Crippen LogP contribution in [0.25, 0.3) is 11.0 Å². The summed E-state index contributed by atoms with van der Waals surface area (Å²) in [6.45, 7) is 6.13. The fourth-order valence-corrected chi connectivity index (χ4v) is 1.87. The summed E-state index contributed by atoms with van der Waals surface area (Å²) in [5, 5.41) is 8.86. The number of benzene rings is 1. The monoisotopic (exact) mass is 248 g/mol. The normalized spacial score (nSPS) is 10.8. The predicted octanol–water partition coefficient (Wildman–Crippen LogP) is 2.38. The van der Waals surface area contributed by atoms with Crippen molar-refractivity contribution >= 4 is 17.0 Å². The summed E-state index contributed by atoms with van der Waals surface area (Å²) in [5.74, 6) is -0.941. The molecular formula is C13H13FN2O2. The minimum atomic E-state index is -0.964. The first-order chi connectivity index (χ1) is 8.47. The quantitative estimate of drug-likeness (QED) is 0.845. The van der Waals surface area contributed by atoms with Gasteiger partial charge in [0.2, 0.25) is 0 Å². The van der Waals surface area contributed by atoms with Crippen LogP contribution in [-0.2, 0) is 17.8 Å². The molecule has 4 nitrogen and oxygen atoms in total. The molecule has 0 saturated heterocycles. The smallest absolute Gasteiger partial charge is 0.311 e. The average molecular weight is 248 g/mol. The topological polar surface area (TPSA) is 55.1 Å². The summed E-state index contributed by atoms with van der Waals surface area (Å²) in [4.78, 5) is 15.0. The lowest BCUT2D eigenvalue weighted by atomic mass is 10.3. The van der Waals surface area contributed by atoms with Crippen LogP contribution in [-0.4, -0.2) is 20.6 Å². The molecule has 1 N–H and O–H groups in total. The molecule has 0 aliphatic heterocycles. The van der Waals surface area contributed by atoms with Gasteiger partial charge in [-0.15, -0.1) is 0 Å². The molecule has 0 spiro atoms. The third-order valence-corrected chi connectivity index (χ3v) is 2.53. The van der Waals surface area contributed by atoms with Crippen molar-refractivity contribution in [2.45, 2.75) is 19.9 Å². The van der Waals surface area contributed by atoms with Crippen molar-refractivity contribution in [2.24, 2.45) is 0 Å². The Morgan fingerprint density at radius 3 is 2.89 bits per heavy atom. The van der Waals surface area contributed by atoms with E-state index in [9.17, 15) is 9.18 Å². The van der Waals surface area contributed by atoms with E-state index >= 15 is 0 Å². The fraction of sp³-hybridized carbons (Fsp3) is 0.231. The van der Waals surface area contributed by atoms with Gasteiger partial charge in [-0.3, -0.25) is 4.79 Å². The highest BCUT2D eigenvalue weighted by molar-refractivity contribution is 5.78. The number of aromatic nitrogens is 2. The molecule has 1 heterocycles. The highest BCUT2D eigenvalue weighted by Crippen LogP contribution is 2.19. The van der Waals surface area contributed by atoms with E-state index in [1.165, 1.54) is 12.1 Å². The van der Waals surface area contributed by atoms with E-state index < -0.39 is 5.97 Å². The van der Waals surface area contributed by atoms with E-state index in [2.05, 4.69) is 11.6 Å². The highest BCUT2D eigenvalue weighted by atomic mass is 19.1. The molecule has 0 fully saturated rings. The van der Waals surface area contributed by atoms with Gasteiger partial charge in [-0.05, 0) is 19.1 Å². The lowest BCUT2D eigenvalue weighted by molar-refractivity contribution is -0.136. The Balaban J connectivity index is 2.59. The van der Waals surface area contributed by atoms with Crippen LogP contribution in [0.2, 0.25) is 0 Å². The predicted molar refractivity (Wildman–Crippen MR) is 65.8 cm³/mol. The number of rotatable bonds is 4. The van der Waals surface area contributed by atoms with Crippen molar-refractivity contribution in [2.75, 3.05) is 0 Å². The summed E-state index contributed by atoms with van der Waals surface area (Å²) in [6.07, 6.45) is -0.191. The van der Waals surface area contributed by atoms with Crippen molar-refractivity contribution in [1.82, 2.24) is 9.55 Å².